The number of hydrogen-bond donors (Lipinski definition) is 2. The Hall–Kier alpha value is -3.56. The van der Waals surface area contributed by atoms with Crippen LogP contribution in [0.5, 0.6) is 0 Å². The predicted molar refractivity (Wildman–Crippen MR) is 113 cm³/mol. The van der Waals surface area contributed by atoms with Crippen molar-refractivity contribution < 1.29 is 27.6 Å². The maximum absolute atomic E-state index is 13.2. The Morgan fingerprint density at radius 3 is 2.62 bits per heavy atom. The summed E-state index contributed by atoms with van der Waals surface area (Å²) in [4.78, 5) is 40.2. The number of halogens is 3. The van der Waals surface area contributed by atoms with Crippen LogP contribution in [0.4, 0.5) is 24.5 Å². The van der Waals surface area contributed by atoms with E-state index in [9.17, 15) is 27.6 Å². The van der Waals surface area contributed by atoms with Crippen LogP contribution in [-0.4, -0.2) is 49.8 Å². The van der Waals surface area contributed by atoms with Crippen molar-refractivity contribution in [2.45, 2.75) is 19.1 Å². The van der Waals surface area contributed by atoms with Crippen LogP contribution in [0.25, 0.3) is 0 Å². The number of nitrogens with one attached hydrogen (secondary N) is 2. The number of fused-ring (bicyclic) bond motifs is 1. The zero-order valence-corrected chi connectivity index (χ0v) is 17.6. The molecular weight excluding hydrogens is 425 g/mol. The average molecular weight is 448 g/mol. The van der Waals surface area contributed by atoms with Crippen LogP contribution < -0.4 is 15.5 Å². The van der Waals surface area contributed by atoms with Crippen LogP contribution in [0.15, 0.2) is 42.5 Å². The molecule has 0 bridgehead atoms. The molecule has 0 saturated heterocycles. The molecule has 0 aliphatic carbocycles. The van der Waals surface area contributed by atoms with Crippen LogP contribution in [0.2, 0.25) is 0 Å². The SMILES string of the molecule is CNC(=O)CN(Cc1cccc(C(F)(F)F)c1)C(=O)c1ccc2c(c1)NC(=O)CCN2C. The Bertz CT molecular complexity index is 1040. The molecule has 7 nitrogen and oxygen atoms in total. The summed E-state index contributed by atoms with van der Waals surface area (Å²) in [5.74, 6) is -1.20. The summed E-state index contributed by atoms with van der Waals surface area (Å²) in [6, 6.07) is 9.39. The van der Waals surface area contributed by atoms with Gasteiger partial charge in [-0.15, -0.1) is 0 Å². The molecule has 1 aliphatic rings. The molecule has 3 rings (SSSR count). The van der Waals surface area contributed by atoms with Crippen molar-refractivity contribution in [3.63, 3.8) is 0 Å². The van der Waals surface area contributed by atoms with Crippen molar-refractivity contribution >= 4 is 29.1 Å². The number of rotatable bonds is 5. The summed E-state index contributed by atoms with van der Waals surface area (Å²) >= 11 is 0. The van der Waals surface area contributed by atoms with Crippen LogP contribution in [0.3, 0.4) is 0 Å². The minimum absolute atomic E-state index is 0.189. The number of likely N-dealkylation sites (N-methyl/N-ethyl adjacent to an activating group) is 1. The molecule has 0 fully saturated rings. The molecule has 32 heavy (non-hydrogen) atoms. The number of benzene rings is 2. The second kappa shape index (κ2) is 9.29. The second-order valence-electron chi connectivity index (χ2n) is 7.48. The van der Waals surface area contributed by atoms with Gasteiger partial charge in [0, 0.05) is 39.2 Å². The third-order valence-electron chi connectivity index (χ3n) is 5.13. The van der Waals surface area contributed by atoms with E-state index in [0.29, 0.717) is 18.7 Å². The van der Waals surface area contributed by atoms with Gasteiger partial charge in [-0.3, -0.25) is 14.4 Å². The first kappa shape index (κ1) is 23.1. The lowest BCUT2D eigenvalue weighted by Gasteiger charge is -2.24. The van der Waals surface area contributed by atoms with Crippen LogP contribution in [0, 0.1) is 0 Å². The van der Waals surface area contributed by atoms with Gasteiger partial charge in [0.1, 0.15) is 6.54 Å². The maximum atomic E-state index is 13.2. The number of alkyl halides is 3. The van der Waals surface area contributed by atoms with E-state index in [1.807, 2.05) is 11.9 Å². The third kappa shape index (κ3) is 5.37. The largest absolute Gasteiger partial charge is 0.416 e. The second-order valence-corrected chi connectivity index (χ2v) is 7.48. The van der Waals surface area contributed by atoms with Gasteiger partial charge in [-0.25, -0.2) is 0 Å². The van der Waals surface area contributed by atoms with E-state index in [1.54, 1.807) is 12.1 Å². The van der Waals surface area contributed by atoms with E-state index < -0.39 is 23.6 Å². The first-order chi connectivity index (χ1) is 15.1. The molecule has 0 aromatic heterocycles. The van der Waals surface area contributed by atoms with Gasteiger partial charge in [-0.1, -0.05) is 12.1 Å². The molecule has 0 unspecified atom stereocenters. The summed E-state index contributed by atoms with van der Waals surface area (Å²) < 4.78 is 39.2. The lowest BCUT2D eigenvalue weighted by molar-refractivity contribution is -0.137. The molecule has 2 aromatic carbocycles. The first-order valence-electron chi connectivity index (χ1n) is 9.89. The van der Waals surface area contributed by atoms with Crippen molar-refractivity contribution in [2.75, 3.05) is 37.4 Å². The fraction of sp³-hybridized carbons (Fsp3) is 0.318. The van der Waals surface area contributed by atoms with Gasteiger partial charge in [0.25, 0.3) is 5.91 Å². The fourth-order valence-corrected chi connectivity index (χ4v) is 3.41. The standard InChI is InChI=1S/C22H23F3N4O3/c1-26-20(31)13-29(12-14-4-3-5-16(10-14)22(23,24)25)21(32)15-6-7-18-17(11-15)27-19(30)8-9-28(18)2/h3-7,10-11H,8-9,12-13H2,1-2H3,(H,26,31)(H,27,30). The molecule has 0 radical (unpaired) electrons. The smallest absolute Gasteiger partial charge is 0.372 e. The lowest BCUT2D eigenvalue weighted by Crippen LogP contribution is -2.39. The number of hydrogen-bond acceptors (Lipinski definition) is 4. The van der Waals surface area contributed by atoms with Gasteiger partial charge < -0.3 is 20.4 Å². The van der Waals surface area contributed by atoms with Gasteiger partial charge >= 0.3 is 6.18 Å². The van der Waals surface area contributed by atoms with Crippen molar-refractivity contribution in [1.82, 2.24) is 10.2 Å². The number of anilines is 2. The Balaban J connectivity index is 1.92. The van der Waals surface area contributed by atoms with E-state index in [2.05, 4.69) is 10.6 Å². The average Bonchev–Trinajstić information content (AvgIpc) is 2.89. The molecule has 10 heteroatoms. The fourth-order valence-electron chi connectivity index (χ4n) is 3.41. The highest BCUT2D eigenvalue weighted by atomic mass is 19.4. The normalized spacial score (nSPS) is 13.7. The summed E-state index contributed by atoms with van der Waals surface area (Å²) in [6.45, 7) is -0.0150. The summed E-state index contributed by atoms with van der Waals surface area (Å²) in [5, 5.41) is 5.17. The number of carbonyl (C=O) groups is 3. The molecule has 3 amide bonds. The predicted octanol–water partition coefficient (Wildman–Crippen LogP) is 2.87. The first-order valence-corrected chi connectivity index (χ1v) is 9.89. The third-order valence-corrected chi connectivity index (χ3v) is 5.13. The Labute approximate surface area is 183 Å². The Morgan fingerprint density at radius 2 is 1.94 bits per heavy atom. The van der Waals surface area contributed by atoms with E-state index in [1.165, 1.54) is 25.2 Å². The van der Waals surface area contributed by atoms with Crippen molar-refractivity contribution in [3.05, 3.63) is 59.2 Å². The highest BCUT2D eigenvalue weighted by molar-refractivity contribution is 6.01. The maximum Gasteiger partial charge on any atom is 0.416 e. The molecule has 2 N–H and O–H groups in total. The van der Waals surface area contributed by atoms with Gasteiger partial charge in [-0.05, 0) is 35.9 Å². The summed E-state index contributed by atoms with van der Waals surface area (Å²) in [7, 11) is 3.23. The molecule has 0 spiro atoms. The monoisotopic (exact) mass is 448 g/mol. The minimum atomic E-state index is -4.52. The highest BCUT2D eigenvalue weighted by Gasteiger charge is 2.31. The van der Waals surface area contributed by atoms with Gasteiger partial charge in [-0.2, -0.15) is 13.2 Å². The molecule has 0 saturated carbocycles. The van der Waals surface area contributed by atoms with Crippen LogP contribution in [0.1, 0.15) is 27.9 Å². The molecule has 1 heterocycles. The zero-order valence-electron chi connectivity index (χ0n) is 17.6. The van der Waals surface area contributed by atoms with E-state index in [4.69, 9.17) is 0 Å². The van der Waals surface area contributed by atoms with Gasteiger partial charge in [0.05, 0.1) is 16.9 Å². The van der Waals surface area contributed by atoms with Gasteiger partial charge in [0.15, 0.2) is 0 Å². The van der Waals surface area contributed by atoms with Crippen LogP contribution >= 0.6 is 0 Å². The number of nitrogens with zero attached hydrogens (tertiary/aromatic N) is 2. The van der Waals surface area contributed by atoms with Gasteiger partial charge in [0.2, 0.25) is 11.8 Å². The number of carbonyl (C=O) groups excluding carboxylic acids is 3. The Morgan fingerprint density at radius 1 is 1.19 bits per heavy atom. The van der Waals surface area contributed by atoms with E-state index in [0.717, 1.165) is 22.7 Å². The molecule has 0 atom stereocenters. The minimum Gasteiger partial charge on any atom is -0.372 e. The lowest BCUT2D eigenvalue weighted by atomic mass is 10.1. The molecule has 1 aliphatic heterocycles. The summed E-state index contributed by atoms with van der Waals surface area (Å²) in [5.41, 5.74) is 0.802. The van der Waals surface area contributed by atoms with Crippen molar-refractivity contribution in [2.24, 2.45) is 0 Å². The molecule has 170 valence electrons. The molecular formula is C22H23F3N4O3. The van der Waals surface area contributed by atoms with Crippen LogP contribution in [-0.2, 0) is 22.3 Å². The zero-order chi connectivity index (χ0) is 23.5. The number of amides is 3. The van der Waals surface area contributed by atoms with Crippen molar-refractivity contribution in [1.29, 1.82) is 0 Å². The van der Waals surface area contributed by atoms with E-state index in [-0.39, 0.29) is 30.1 Å². The quantitative estimate of drug-likeness (QED) is 0.737. The topological polar surface area (TPSA) is 81.8 Å². The van der Waals surface area contributed by atoms with Crippen molar-refractivity contribution in [3.8, 4) is 0 Å². The summed E-state index contributed by atoms with van der Waals surface area (Å²) in [6.07, 6.45) is -4.22. The highest BCUT2D eigenvalue weighted by Crippen LogP contribution is 2.31. The molecule has 2 aromatic rings. The Kier molecular flexibility index (Phi) is 6.71. The van der Waals surface area contributed by atoms with E-state index >= 15 is 0 Å².